The molecule has 5 heteroatoms. The van der Waals surface area contributed by atoms with Gasteiger partial charge in [-0.1, -0.05) is 13.0 Å². The molecular weight excluding hydrogens is 342 g/mol. The number of carbonyl (C=O) groups is 2. The minimum absolute atomic E-state index is 0.0601. The molecule has 4 unspecified atom stereocenters. The highest BCUT2D eigenvalue weighted by Gasteiger charge is 2.68. The van der Waals surface area contributed by atoms with E-state index < -0.39 is 5.41 Å². The van der Waals surface area contributed by atoms with Crippen molar-refractivity contribution in [3.8, 4) is 5.75 Å². The van der Waals surface area contributed by atoms with Crippen LogP contribution in [0.1, 0.15) is 44.7 Å². The van der Waals surface area contributed by atoms with Gasteiger partial charge in [-0.25, -0.2) is 0 Å². The van der Waals surface area contributed by atoms with Crippen LogP contribution in [0, 0.1) is 11.3 Å². The minimum atomic E-state index is -1.04. The molecule has 2 saturated heterocycles. The topological polar surface area (TPSA) is 55.8 Å². The van der Waals surface area contributed by atoms with Gasteiger partial charge in [0, 0.05) is 12.1 Å². The van der Waals surface area contributed by atoms with Gasteiger partial charge in [0.05, 0.1) is 13.7 Å². The molecule has 4 bridgehead atoms. The Morgan fingerprint density at radius 2 is 2.04 bits per heavy atom. The Hall–Kier alpha value is -1.88. The standard InChI is InChI=1S/C22H29NO4/c1-6-27-20(25)22(13(2)24)11-17-18-9-14-7-8-15(26-5)10-16(14)21(17,3)12-19(22)23(18)4/h7-8,10,17-19H,6,9,11-12H2,1-5H3/t17?,18?,19?,21-,22?/m0/s1. The second kappa shape index (κ2) is 6.06. The summed E-state index contributed by atoms with van der Waals surface area (Å²) in [5.74, 6) is 0.702. The van der Waals surface area contributed by atoms with Gasteiger partial charge in [0.1, 0.15) is 16.9 Å². The van der Waals surface area contributed by atoms with Crippen molar-refractivity contribution in [3.05, 3.63) is 29.3 Å². The molecule has 3 fully saturated rings. The van der Waals surface area contributed by atoms with Crippen molar-refractivity contribution in [1.82, 2.24) is 4.90 Å². The summed E-state index contributed by atoms with van der Waals surface area (Å²) in [5, 5.41) is 0. The molecule has 0 aromatic heterocycles. The van der Waals surface area contributed by atoms with Crippen molar-refractivity contribution >= 4 is 11.8 Å². The molecule has 5 rings (SSSR count). The summed E-state index contributed by atoms with van der Waals surface area (Å²) in [5.41, 5.74) is 1.58. The zero-order chi connectivity index (χ0) is 19.6. The van der Waals surface area contributed by atoms with Gasteiger partial charge in [0.2, 0.25) is 0 Å². The lowest BCUT2D eigenvalue weighted by Crippen LogP contribution is -2.74. The van der Waals surface area contributed by atoms with Crippen LogP contribution in [0.2, 0.25) is 0 Å². The molecule has 27 heavy (non-hydrogen) atoms. The molecule has 5 nitrogen and oxygen atoms in total. The van der Waals surface area contributed by atoms with Crippen LogP contribution in [-0.2, 0) is 26.2 Å². The Balaban J connectivity index is 1.83. The van der Waals surface area contributed by atoms with Gasteiger partial charge >= 0.3 is 5.97 Å². The summed E-state index contributed by atoms with van der Waals surface area (Å²) < 4.78 is 10.9. The van der Waals surface area contributed by atoms with Gasteiger partial charge in [-0.3, -0.25) is 14.5 Å². The first kappa shape index (κ1) is 18.5. The zero-order valence-corrected chi connectivity index (χ0v) is 16.9. The smallest absolute Gasteiger partial charge is 0.321 e. The SMILES string of the molecule is CCOC(=O)C1(C(C)=O)CC2C3Cc4ccc(OC)cc4[C@]2(C)CC1N3C. The predicted octanol–water partition coefficient (Wildman–Crippen LogP) is 2.74. The summed E-state index contributed by atoms with van der Waals surface area (Å²) in [6.07, 6.45) is 2.31. The number of likely N-dealkylation sites (N-methyl/N-ethyl adjacent to an activating group) is 1. The zero-order valence-electron chi connectivity index (χ0n) is 16.9. The van der Waals surface area contributed by atoms with Gasteiger partial charge in [-0.05, 0) is 74.8 Å². The van der Waals surface area contributed by atoms with Gasteiger partial charge in [0.25, 0.3) is 0 Å². The number of hydrogen-bond donors (Lipinski definition) is 0. The van der Waals surface area contributed by atoms with Gasteiger partial charge < -0.3 is 9.47 Å². The molecule has 2 aliphatic carbocycles. The number of hydrogen-bond acceptors (Lipinski definition) is 5. The second-order valence-electron chi connectivity index (χ2n) is 8.66. The number of ketones is 1. The molecule has 2 aliphatic heterocycles. The first-order valence-electron chi connectivity index (χ1n) is 9.87. The summed E-state index contributed by atoms with van der Waals surface area (Å²) >= 11 is 0. The number of fused-ring (bicyclic) bond motifs is 2. The molecule has 5 atom stereocenters. The highest BCUT2D eigenvalue weighted by Crippen LogP contribution is 2.62. The molecule has 0 amide bonds. The van der Waals surface area contributed by atoms with Gasteiger partial charge in [0.15, 0.2) is 0 Å². The van der Waals surface area contributed by atoms with E-state index in [0.29, 0.717) is 19.1 Å². The van der Waals surface area contributed by atoms with Crippen LogP contribution >= 0.6 is 0 Å². The molecule has 2 heterocycles. The summed E-state index contributed by atoms with van der Waals surface area (Å²) in [6, 6.07) is 6.58. The van der Waals surface area contributed by atoms with Crippen LogP contribution in [0.3, 0.4) is 0 Å². The van der Waals surface area contributed by atoms with Crippen molar-refractivity contribution in [3.63, 3.8) is 0 Å². The summed E-state index contributed by atoms with van der Waals surface area (Å²) in [4.78, 5) is 28.1. The molecule has 1 aromatic carbocycles. The Labute approximate surface area is 161 Å². The van der Waals surface area contributed by atoms with E-state index in [4.69, 9.17) is 9.47 Å². The summed E-state index contributed by atoms with van der Waals surface area (Å²) in [6.45, 7) is 5.96. The Morgan fingerprint density at radius 3 is 2.67 bits per heavy atom. The highest BCUT2D eigenvalue weighted by molar-refractivity contribution is 6.04. The maximum absolute atomic E-state index is 13.0. The van der Waals surface area contributed by atoms with E-state index in [1.54, 1.807) is 21.0 Å². The van der Waals surface area contributed by atoms with E-state index in [1.165, 1.54) is 11.1 Å². The van der Waals surface area contributed by atoms with E-state index in [0.717, 1.165) is 18.6 Å². The summed E-state index contributed by atoms with van der Waals surface area (Å²) in [7, 11) is 3.77. The third kappa shape index (κ3) is 2.27. The lowest BCUT2D eigenvalue weighted by molar-refractivity contribution is -0.188. The lowest BCUT2D eigenvalue weighted by atomic mass is 9.45. The number of ether oxygens (including phenoxy) is 2. The second-order valence-corrected chi connectivity index (χ2v) is 8.66. The molecule has 1 saturated carbocycles. The van der Waals surface area contributed by atoms with E-state index in [2.05, 4.69) is 31.0 Å². The highest BCUT2D eigenvalue weighted by atomic mass is 16.5. The molecule has 1 aromatic rings. The van der Waals surface area contributed by atoms with Crippen molar-refractivity contribution in [2.24, 2.45) is 11.3 Å². The van der Waals surface area contributed by atoms with Gasteiger partial charge in [-0.15, -0.1) is 0 Å². The fraction of sp³-hybridized carbons (Fsp3) is 0.636. The Kier molecular flexibility index (Phi) is 4.15. The number of benzene rings is 1. The number of piperidine rings is 2. The van der Waals surface area contributed by atoms with Crippen LogP contribution in [0.4, 0.5) is 0 Å². The van der Waals surface area contributed by atoms with Crippen molar-refractivity contribution < 1.29 is 19.1 Å². The fourth-order valence-electron chi connectivity index (χ4n) is 6.22. The molecule has 0 spiro atoms. The monoisotopic (exact) mass is 371 g/mol. The van der Waals surface area contributed by atoms with Crippen LogP contribution < -0.4 is 4.74 Å². The number of rotatable bonds is 4. The van der Waals surface area contributed by atoms with Crippen LogP contribution in [-0.4, -0.2) is 49.5 Å². The predicted molar refractivity (Wildman–Crippen MR) is 102 cm³/mol. The van der Waals surface area contributed by atoms with Crippen LogP contribution in [0.15, 0.2) is 18.2 Å². The average molecular weight is 371 g/mol. The molecule has 0 N–H and O–H groups in total. The lowest BCUT2D eigenvalue weighted by Gasteiger charge is -2.66. The van der Waals surface area contributed by atoms with E-state index in [9.17, 15) is 9.59 Å². The number of methoxy groups -OCH3 is 1. The van der Waals surface area contributed by atoms with E-state index in [1.807, 2.05) is 6.07 Å². The van der Waals surface area contributed by atoms with E-state index in [-0.39, 0.29) is 29.1 Å². The van der Waals surface area contributed by atoms with Crippen LogP contribution in [0.25, 0.3) is 0 Å². The largest absolute Gasteiger partial charge is 0.497 e. The van der Waals surface area contributed by atoms with Crippen molar-refractivity contribution in [1.29, 1.82) is 0 Å². The minimum Gasteiger partial charge on any atom is -0.497 e. The van der Waals surface area contributed by atoms with Gasteiger partial charge in [-0.2, -0.15) is 0 Å². The van der Waals surface area contributed by atoms with E-state index >= 15 is 0 Å². The van der Waals surface area contributed by atoms with Crippen molar-refractivity contribution in [2.75, 3.05) is 20.8 Å². The fourth-order valence-corrected chi connectivity index (χ4v) is 6.22. The number of Topliss-reactive ketones (excluding diaryl/α,β-unsaturated/α-hetero) is 1. The molecule has 146 valence electrons. The first-order valence-corrected chi connectivity index (χ1v) is 9.87. The Morgan fingerprint density at radius 1 is 1.30 bits per heavy atom. The first-order chi connectivity index (χ1) is 12.8. The van der Waals surface area contributed by atoms with Crippen LogP contribution in [0.5, 0.6) is 5.75 Å². The average Bonchev–Trinajstić information content (AvgIpc) is 2.64. The molecule has 4 aliphatic rings. The third-order valence-electron chi connectivity index (χ3n) is 7.65. The van der Waals surface area contributed by atoms with Crippen molar-refractivity contribution in [2.45, 2.75) is 57.5 Å². The Bertz CT molecular complexity index is 806. The normalized spacial score (nSPS) is 36.9. The quantitative estimate of drug-likeness (QED) is 0.602. The maximum atomic E-state index is 13.0. The number of nitrogens with zero attached hydrogens (tertiary/aromatic N) is 1. The molecular formula is C22H29NO4. The maximum Gasteiger partial charge on any atom is 0.321 e. The number of carbonyl (C=O) groups excluding carboxylic acids is 2. The third-order valence-corrected chi connectivity index (χ3v) is 7.65. The molecule has 0 radical (unpaired) electrons. The number of esters is 1.